The molecule has 0 radical (unpaired) electrons. The number of hydrogen-bond donors (Lipinski definition) is 1. The maximum absolute atomic E-state index is 12.6. The maximum Gasteiger partial charge on any atom is 0.317 e. The highest BCUT2D eigenvalue weighted by atomic mass is 32.1. The van der Waals surface area contributed by atoms with Crippen LogP contribution in [-0.2, 0) is 12.8 Å². The van der Waals surface area contributed by atoms with Crippen LogP contribution in [0.15, 0.2) is 34.7 Å². The Bertz CT molecular complexity index is 897. The minimum absolute atomic E-state index is 0.0370. The smallest absolute Gasteiger partial charge is 0.317 e. The Labute approximate surface area is 157 Å². The number of furan rings is 1. The summed E-state index contributed by atoms with van der Waals surface area (Å²) in [5, 5.41) is 5.20. The zero-order valence-corrected chi connectivity index (χ0v) is 15.9. The first-order valence-corrected chi connectivity index (χ1v) is 9.88. The van der Waals surface area contributed by atoms with Gasteiger partial charge in [-0.1, -0.05) is 18.2 Å². The lowest BCUT2D eigenvalue weighted by molar-refractivity contribution is 0.185. The van der Waals surface area contributed by atoms with Crippen LogP contribution in [0.5, 0.6) is 0 Å². The predicted octanol–water partition coefficient (Wildman–Crippen LogP) is 4.46. The van der Waals surface area contributed by atoms with Gasteiger partial charge < -0.3 is 14.6 Å². The average Bonchev–Trinajstić information content (AvgIpc) is 3.22. The van der Waals surface area contributed by atoms with Crippen molar-refractivity contribution in [3.63, 3.8) is 0 Å². The molecule has 0 saturated heterocycles. The highest BCUT2D eigenvalue weighted by Gasteiger charge is 2.29. The molecule has 2 aromatic heterocycles. The topological polar surface area (TPSA) is 58.4 Å². The van der Waals surface area contributed by atoms with E-state index in [4.69, 9.17) is 4.42 Å². The number of thiazole rings is 1. The molecule has 1 unspecified atom stereocenters. The molecule has 5 nitrogen and oxygen atoms in total. The minimum Gasteiger partial charge on any atom is -0.461 e. The van der Waals surface area contributed by atoms with Crippen LogP contribution in [0.3, 0.4) is 0 Å². The van der Waals surface area contributed by atoms with Crippen molar-refractivity contribution in [2.24, 2.45) is 0 Å². The molecule has 0 bridgehead atoms. The van der Waals surface area contributed by atoms with Gasteiger partial charge >= 0.3 is 6.03 Å². The Balaban J connectivity index is 1.36. The van der Waals surface area contributed by atoms with E-state index in [2.05, 4.69) is 10.3 Å². The largest absolute Gasteiger partial charge is 0.461 e. The molecule has 1 aliphatic rings. The summed E-state index contributed by atoms with van der Waals surface area (Å²) in [5.41, 5.74) is 2.06. The molecule has 0 spiro atoms. The summed E-state index contributed by atoms with van der Waals surface area (Å²) in [7, 11) is 1.88. The van der Waals surface area contributed by atoms with Crippen molar-refractivity contribution in [1.29, 1.82) is 0 Å². The number of nitrogens with zero attached hydrogens (tertiary/aromatic N) is 2. The van der Waals surface area contributed by atoms with Crippen molar-refractivity contribution in [2.45, 2.75) is 38.6 Å². The number of carbonyl (C=O) groups excluding carboxylic acids is 1. The van der Waals surface area contributed by atoms with Gasteiger partial charge in [-0.3, -0.25) is 0 Å². The molecule has 1 N–H and O–H groups in total. The highest BCUT2D eigenvalue weighted by molar-refractivity contribution is 7.11. The number of para-hydroxylation sites is 1. The Hall–Kier alpha value is -2.34. The van der Waals surface area contributed by atoms with E-state index in [1.54, 1.807) is 11.3 Å². The molecule has 3 aromatic rings. The van der Waals surface area contributed by atoms with Crippen molar-refractivity contribution in [3.8, 4) is 0 Å². The fourth-order valence-corrected chi connectivity index (χ4v) is 4.76. The number of amides is 2. The van der Waals surface area contributed by atoms with E-state index in [0.29, 0.717) is 13.0 Å². The molecular formula is C20H23N3O2S. The lowest BCUT2D eigenvalue weighted by atomic mass is 9.97. The fraction of sp³-hybridized carbons (Fsp3) is 0.400. The number of urea groups is 1. The van der Waals surface area contributed by atoms with Crippen LogP contribution >= 0.6 is 11.3 Å². The molecule has 4 rings (SSSR count). The van der Waals surface area contributed by atoms with Gasteiger partial charge in [0, 0.05) is 25.4 Å². The first-order valence-electron chi connectivity index (χ1n) is 9.06. The third kappa shape index (κ3) is 3.33. The fourth-order valence-electron chi connectivity index (χ4n) is 3.61. The Morgan fingerprint density at radius 1 is 1.42 bits per heavy atom. The van der Waals surface area contributed by atoms with Gasteiger partial charge in [0.1, 0.15) is 11.3 Å². The predicted molar refractivity (Wildman–Crippen MR) is 104 cm³/mol. The van der Waals surface area contributed by atoms with Gasteiger partial charge in [-0.15, -0.1) is 11.3 Å². The third-order valence-electron chi connectivity index (χ3n) is 4.94. The molecule has 1 aromatic carbocycles. The van der Waals surface area contributed by atoms with Crippen LogP contribution in [0.1, 0.15) is 40.2 Å². The zero-order valence-electron chi connectivity index (χ0n) is 15.1. The maximum atomic E-state index is 12.6. The number of carbonyl (C=O) groups is 1. The van der Waals surface area contributed by atoms with Gasteiger partial charge in [-0.2, -0.15) is 0 Å². The second kappa shape index (κ2) is 7.11. The Morgan fingerprint density at radius 2 is 2.27 bits per heavy atom. The van der Waals surface area contributed by atoms with Gasteiger partial charge in [-0.05, 0) is 38.3 Å². The monoisotopic (exact) mass is 369 g/mol. The van der Waals surface area contributed by atoms with Crippen molar-refractivity contribution in [2.75, 3.05) is 13.6 Å². The minimum atomic E-state index is -0.0370. The Kier molecular flexibility index (Phi) is 4.68. The van der Waals surface area contributed by atoms with Crippen LogP contribution < -0.4 is 5.32 Å². The van der Waals surface area contributed by atoms with E-state index in [9.17, 15) is 4.79 Å². The number of rotatable bonds is 4. The third-order valence-corrected chi connectivity index (χ3v) is 6.05. The number of hydrogen-bond acceptors (Lipinski definition) is 4. The number of nitrogens with one attached hydrogen (secondary N) is 1. The van der Waals surface area contributed by atoms with Gasteiger partial charge in [0.25, 0.3) is 0 Å². The summed E-state index contributed by atoms with van der Waals surface area (Å²) in [5.74, 6) is 0.896. The molecule has 0 fully saturated rings. The number of aryl methyl sites for hydroxylation is 2. The van der Waals surface area contributed by atoms with Crippen molar-refractivity contribution in [3.05, 3.63) is 51.7 Å². The van der Waals surface area contributed by atoms with Crippen LogP contribution in [0.25, 0.3) is 11.0 Å². The summed E-state index contributed by atoms with van der Waals surface area (Å²) in [6.45, 7) is 2.59. The molecule has 1 aliphatic carbocycles. The lowest BCUT2D eigenvalue weighted by Crippen LogP contribution is -2.41. The highest BCUT2D eigenvalue weighted by Crippen LogP contribution is 2.37. The van der Waals surface area contributed by atoms with Gasteiger partial charge in [0.2, 0.25) is 0 Å². The first kappa shape index (κ1) is 17.1. The number of aromatic nitrogens is 1. The molecule has 1 atom stereocenters. The zero-order chi connectivity index (χ0) is 18.1. The van der Waals surface area contributed by atoms with Crippen molar-refractivity contribution >= 4 is 28.3 Å². The Morgan fingerprint density at radius 3 is 3.12 bits per heavy atom. The van der Waals surface area contributed by atoms with Crippen molar-refractivity contribution < 1.29 is 9.21 Å². The van der Waals surface area contributed by atoms with E-state index in [1.807, 2.05) is 49.2 Å². The summed E-state index contributed by atoms with van der Waals surface area (Å²) < 4.78 is 5.80. The SMILES string of the molecule is Cc1nc2c(s1)C(N(C)C(=O)NCCc1cc3ccccc3o1)CCC2. The lowest BCUT2D eigenvalue weighted by Gasteiger charge is -2.30. The van der Waals surface area contributed by atoms with Crippen molar-refractivity contribution in [1.82, 2.24) is 15.2 Å². The summed E-state index contributed by atoms with van der Waals surface area (Å²) >= 11 is 1.72. The van der Waals surface area contributed by atoms with E-state index < -0.39 is 0 Å². The molecule has 0 saturated carbocycles. The van der Waals surface area contributed by atoms with E-state index in [0.717, 1.165) is 41.0 Å². The summed E-state index contributed by atoms with van der Waals surface area (Å²) in [6.07, 6.45) is 3.79. The van der Waals surface area contributed by atoms with Gasteiger partial charge in [0.15, 0.2) is 0 Å². The van der Waals surface area contributed by atoms with Crippen LogP contribution in [0.4, 0.5) is 4.79 Å². The summed E-state index contributed by atoms with van der Waals surface area (Å²) in [6, 6.07) is 10.1. The number of benzene rings is 1. The molecule has 26 heavy (non-hydrogen) atoms. The van der Waals surface area contributed by atoms with Crippen LogP contribution in [-0.4, -0.2) is 29.5 Å². The second-order valence-corrected chi connectivity index (χ2v) is 8.03. The van der Waals surface area contributed by atoms with E-state index in [-0.39, 0.29) is 12.1 Å². The molecule has 2 amide bonds. The standard InChI is InChI=1S/C20H23N3O2S/c1-13-22-16-7-5-8-17(19(16)26-13)23(2)20(24)21-11-10-15-12-14-6-3-4-9-18(14)25-15/h3-4,6,9,12,17H,5,7-8,10-11H2,1-2H3,(H,21,24). The molecule has 136 valence electrons. The first-order chi connectivity index (χ1) is 12.6. The molecule has 2 heterocycles. The van der Waals surface area contributed by atoms with Crippen LogP contribution in [0.2, 0.25) is 0 Å². The van der Waals surface area contributed by atoms with Crippen LogP contribution in [0, 0.1) is 6.92 Å². The normalized spacial score (nSPS) is 16.5. The second-order valence-electron chi connectivity index (χ2n) is 6.80. The number of fused-ring (bicyclic) bond motifs is 2. The van der Waals surface area contributed by atoms with E-state index in [1.165, 1.54) is 10.6 Å². The van der Waals surface area contributed by atoms with Gasteiger partial charge in [-0.25, -0.2) is 9.78 Å². The molecule has 0 aliphatic heterocycles. The molecule has 6 heteroatoms. The van der Waals surface area contributed by atoms with E-state index >= 15 is 0 Å². The quantitative estimate of drug-likeness (QED) is 0.739. The van der Waals surface area contributed by atoms with Gasteiger partial charge in [0.05, 0.1) is 21.6 Å². The summed E-state index contributed by atoms with van der Waals surface area (Å²) in [4.78, 5) is 20.3. The average molecular weight is 369 g/mol. The molecular weight excluding hydrogens is 346 g/mol.